The van der Waals surface area contributed by atoms with Crippen LogP contribution in [0.5, 0.6) is 0 Å². The molecular weight excluding hydrogens is 166 g/mol. The maximum Gasteiger partial charge on any atom is 0.320 e. The maximum atomic E-state index is 11.1. The zero-order valence-electron chi connectivity index (χ0n) is 8.51. The van der Waals surface area contributed by atoms with Crippen molar-refractivity contribution in [3.63, 3.8) is 0 Å². The minimum absolute atomic E-state index is 0.0511. The molecule has 0 aromatic rings. The Morgan fingerprint density at radius 3 is 2.85 bits per heavy atom. The highest BCUT2D eigenvalue weighted by atomic mass is 16.5. The molecule has 0 saturated heterocycles. The maximum absolute atomic E-state index is 11.1. The molecule has 1 atom stereocenters. The van der Waals surface area contributed by atoms with E-state index in [1.807, 2.05) is 13.8 Å². The first kappa shape index (κ1) is 10.5. The van der Waals surface area contributed by atoms with Gasteiger partial charge in [-0.15, -0.1) is 0 Å². The first-order valence-electron chi connectivity index (χ1n) is 5.12. The van der Waals surface area contributed by atoms with E-state index in [0.717, 1.165) is 18.9 Å². The normalized spacial score (nSPS) is 18.3. The van der Waals surface area contributed by atoms with Crippen LogP contribution in [0.25, 0.3) is 0 Å². The molecule has 13 heavy (non-hydrogen) atoms. The van der Waals surface area contributed by atoms with Gasteiger partial charge < -0.3 is 10.1 Å². The number of carbonyl (C=O) groups is 1. The smallest absolute Gasteiger partial charge is 0.320 e. The van der Waals surface area contributed by atoms with E-state index < -0.39 is 0 Å². The summed E-state index contributed by atoms with van der Waals surface area (Å²) in [6.07, 6.45) is 3.56. The Balaban J connectivity index is 1.96. The van der Waals surface area contributed by atoms with E-state index in [-0.39, 0.29) is 12.1 Å². The summed E-state index contributed by atoms with van der Waals surface area (Å²) in [4.78, 5) is 11.1. The molecule has 0 aromatic carbocycles. The van der Waals surface area contributed by atoms with Gasteiger partial charge in [-0.2, -0.15) is 0 Å². The molecule has 1 rings (SSSR count). The summed E-state index contributed by atoms with van der Waals surface area (Å²) in [6.45, 7) is 5.25. The highest BCUT2D eigenvalue weighted by molar-refractivity contribution is 5.71. The Bertz CT molecular complexity index is 166. The van der Waals surface area contributed by atoms with Gasteiger partial charge in [-0.3, -0.25) is 4.79 Å². The molecule has 1 fully saturated rings. The molecule has 0 radical (unpaired) electrons. The van der Waals surface area contributed by atoms with Crippen LogP contribution in [0.3, 0.4) is 0 Å². The van der Waals surface area contributed by atoms with Crippen LogP contribution in [-0.4, -0.2) is 25.2 Å². The molecule has 0 bridgehead atoms. The van der Waals surface area contributed by atoms with Gasteiger partial charge in [-0.25, -0.2) is 0 Å². The Kier molecular flexibility index (Phi) is 4.22. The third kappa shape index (κ3) is 4.88. The number of nitrogens with one attached hydrogen (secondary N) is 1. The first-order valence-corrected chi connectivity index (χ1v) is 5.12. The molecule has 0 aliphatic heterocycles. The fourth-order valence-corrected chi connectivity index (χ4v) is 1.05. The van der Waals surface area contributed by atoms with E-state index >= 15 is 0 Å². The zero-order chi connectivity index (χ0) is 9.68. The van der Waals surface area contributed by atoms with Gasteiger partial charge in [0.2, 0.25) is 0 Å². The Morgan fingerprint density at radius 1 is 1.62 bits per heavy atom. The SMILES string of the molecule is CCC(C)OC(=O)CNCC1CC1. The Hall–Kier alpha value is -0.570. The monoisotopic (exact) mass is 185 g/mol. The summed E-state index contributed by atoms with van der Waals surface area (Å²) in [5, 5.41) is 3.10. The molecule has 0 heterocycles. The second-order valence-corrected chi connectivity index (χ2v) is 3.78. The molecule has 1 aliphatic rings. The van der Waals surface area contributed by atoms with Crippen molar-refractivity contribution in [2.45, 2.75) is 39.2 Å². The van der Waals surface area contributed by atoms with Crippen molar-refractivity contribution < 1.29 is 9.53 Å². The van der Waals surface area contributed by atoms with Gasteiger partial charge in [-0.1, -0.05) is 6.92 Å². The van der Waals surface area contributed by atoms with Crippen molar-refractivity contribution in [1.82, 2.24) is 5.32 Å². The van der Waals surface area contributed by atoms with Crippen LogP contribution in [0, 0.1) is 5.92 Å². The lowest BCUT2D eigenvalue weighted by Crippen LogP contribution is -2.28. The van der Waals surface area contributed by atoms with Gasteiger partial charge >= 0.3 is 5.97 Å². The van der Waals surface area contributed by atoms with Gasteiger partial charge in [0.25, 0.3) is 0 Å². The molecule has 1 unspecified atom stereocenters. The van der Waals surface area contributed by atoms with E-state index in [9.17, 15) is 4.79 Å². The minimum Gasteiger partial charge on any atom is -0.462 e. The van der Waals surface area contributed by atoms with Crippen molar-refractivity contribution in [3.8, 4) is 0 Å². The van der Waals surface area contributed by atoms with Crippen LogP contribution in [0.2, 0.25) is 0 Å². The van der Waals surface area contributed by atoms with E-state index in [1.165, 1.54) is 12.8 Å². The topological polar surface area (TPSA) is 38.3 Å². The van der Waals surface area contributed by atoms with Crippen LogP contribution in [0.4, 0.5) is 0 Å². The molecule has 0 amide bonds. The first-order chi connectivity index (χ1) is 6.22. The molecule has 0 spiro atoms. The van der Waals surface area contributed by atoms with E-state index in [0.29, 0.717) is 6.54 Å². The molecule has 1 N–H and O–H groups in total. The Labute approximate surface area is 79.8 Å². The average molecular weight is 185 g/mol. The summed E-state index contributed by atoms with van der Waals surface area (Å²) >= 11 is 0. The van der Waals surface area contributed by atoms with Crippen molar-refractivity contribution >= 4 is 5.97 Å². The number of hydrogen-bond acceptors (Lipinski definition) is 3. The molecular formula is C10H19NO2. The second-order valence-electron chi connectivity index (χ2n) is 3.78. The highest BCUT2D eigenvalue weighted by Gasteiger charge is 2.20. The number of carbonyl (C=O) groups excluding carboxylic acids is 1. The molecule has 3 heteroatoms. The number of rotatable bonds is 6. The van der Waals surface area contributed by atoms with E-state index in [2.05, 4.69) is 5.32 Å². The number of hydrogen-bond donors (Lipinski definition) is 1. The molecule has 3 nitrogen and oxygen atoms in total. The van der Waals surface area contributed by atoms with Gasteiger partial charge in [-0.05, 0) is 38.6 Å². The van der Waals surface area contributed by atoms with Crippen LogP contribution >= 0.6 is 0 Å². The minimum atomic E-state index is -0.130. The predicted octanol–water partition coefficient (Wildman–Crippen LogP) is 1.33. The van der Waals surface area contributed by atoms with Crippen LogP contribution in [0.15, 0.2) is 0 Å². The van der Waals surface area contributed by atoms with Crippen molar-refractivity contribution in [2.75, 3.05) is 13.1 Å². The standard InChI is InChI=1S/C10H19NO2/c1-3-8(2)13-10(12)7-11-6-9-4-5-9/h8-9,11H,3-7H2,1-2H3. The molecule has 76 valence electrons. The fourth-order valence-electron chi connectivity index (χ4n) is 1.05. The largest absolute Gasteiger partial charge is 0.462 e. The summed E-state index contributed by atoms with van der Waals surface area (Å²) in [7, 11) is 0. The van der Waals surface area contributed by atoms with Gasteiger partial charge in [0.05, 0.1) is 12.6 Å². The average Bonchev–Trinajstić information content (AvgIpc) is 2.88. The quantitative estimate of drug-likeness (QED) is 0.634. The van der Waals surface area contributed by atoms with Crippen molar-refractivity contribution in [1.29, 1.82) is 0 Å². The lowest BCUT2D eigenvalue weighted by molar-refractivity contribution is -0.147. The van der Waals surface area contributed by atoms with Crippen LogP contribution < -0.4 is 5.32 Å². The lowest BCUT2D eigenvalue weighted by atomic mass is 10.3. The second kappa shape index (κ2) is 5.22. The highest BCUT2D eigenvalue weighted by Crippen LogP contribution is 2.27. The fraction of sp³-hybridized carbons (Fsp3) is 0.900. The summed E-state index contributed by atoms with van der Waals surface area (Å²) < 4.78 is 5.10. The van der Waals surface area contributed by atoms with Crippen molar-refractivity contribution in [3.05, 3.63) is 0 Å². The van der Waals surface area contributed by atoms with Gasteiger partial charge in [0, 0.05) is 0 Å². The molecule has 1 aliphatic carbocycles. The molecule has 0 aromatic heterocycles. The van der Waals surface area contributed by atoms with Crippen molar-refractivity contribution in [2.24, 2.45) is 5.92 Å². The van der Waals surface area contributed by atoms with Gasteiger partial charge in [0.1, 0.15) is 0 Å². The third-order valence-corrected chi connectivity index (χ3v) is 2.31. The van der Waals surface area contributed by atoms with Crippen LogP contribution in [-0.2, 0) is 9.53 Å². The van der Waals surface area contributed by atoms with E-state index in [4.69, 9.17) is 4.74 Å². The number of ether oxygens (including phenoxy) is 1. The third-order valence-electron chi connectivity index (χ3n) is 2.31. The van der Waals surface area contributed by atoms with E-state index in [1.54, 1.807) is 0 Å². The molecule has 1 saturated carbocycles. The van der Waals surface area contributed by atoms with Gasteiger partial charge in [0.15, 0.2) is 0 Å². The Morgan fingerprint density at radius 2 is 2.31 bits per heavy atom. The number of esters is 1. The summed E-state index contributed by atoms with van der Waals surface area (Å²) in [6, 6.07) is 0. The predicted molar refractivity (Wildman–Crippen MR) is 51.4 cm³/mol. The lowest BCUT2D eigenvalue weighted by Gasteiger charge is -2.10. The zero-order valence-corrected chi connectivity index (χ0v) is 8.51. The summed E-state index contributed by atoms with van der Waals surface area (Å²) in [5.74, 6) is 0.686. The van der Waals surface area contributed by atoms with Crippen LogP contribution in [0.1, 0.15) is 33.1 Å². The summed E-state index contributed by atoms with van der Waals surface area (Å²) in [5.41, 5.74) is 0.